The first-order valence-electron chi connectivity index (χ1n) is 8.63. The summed E-state index contributed by atoms with van der Waals surface area (Å²) in [6.45, 7) is 6.37. The van der Waals surface area contributed by atoms with Gasteiger partial charge in [-0.2, -0.15) is 0 Å². The number of rotatable bonds is 5. The van der Waals surface area contributed by atoms with Gasteiger partial charge < -0.3 is 19.5 Å². The fourth-order valence-electron chi connectivity index (χ4n) is 3.17. The molecule has 1 amide bonds. The number of benzene rings is 1. The summed E-state index contributed by atoms with van der Waals surface area (Å²) >= 11 is 3.42. The van der Waals surface area contributed by atoms with Crippen LogP contribution in [0.2, 0.25) is 0 Å². The Bertz CT molecular complexity index is 670. The third-order valence-electron chi connectivity index (χ3n) is 4.39. The Morgan fingerprint density at radius 2 is 2.04 bits per heavy atom. The number of carboxylic acids is 1. The first kappa shape index (κ1) is 20.6. The van der Waals surface area contributed by atoms with Crippen LogP contribution in [0, 0.1) is 11.8 Å². The Morgan fingerprint density at radius 3 is 2.62 bits per heavy atom. The van der Waals surface area contributed by atoms with Crippen molar-refractivity contribution in [2.75, 3.05) is 20.2 Å². The number of carboxylic acid groups (broad SMARTS) is 1. The predicted octanol–water partition coefficient (Wildman–Crippen LogP) is 3.96. The molecular weight excluding hydrogens is 402 g/mol. The molecular formula is C19H26BrNO5. The normalized spacial score (nSPS) is 18.5. The first-order valence-corrected chi connectivity index (χ1v) is 9.42. The van der Waals surface area contributed by atoms with Crippen molar-refractivity contribution < 1.29 is 24.2 Å². The van der Waals surface area contributed by atoms with E-state index < -0.39 is 17.5 Å². The molecule has 26 heavy (non-hydrogen) atoms. The Balaban J connectivity index is 2.08. The number of ether oxygens (including phenoxy) is 2. The molecule has 1 N–H and O–H groups in total. The van der Waals surface area contributed by atoms with Gasteiger partial charge in [0.05, 0.1) is 13.0 Å². The van der Waals surface area contributed by atoms with Gasteiger partial charge in [-0.1, -0.05) is 15.9 Å². The van der Waals surface area contributed by atoms with Crippen molar-refractivity contribution >= 4 is 28.0 Å². The number of carbonyl (C=O) groups is 2. The Hall–Kier alpha value is -1.76. The molecule has 0 aliphatic carbocycles. The van der Waals surface area contributed by atoms with Crippen LogP contribution in [0.5, 0.6) is 5.75 Å². The van der Waals surface area contributed by atoms with Crippen LogP contribution >= 0.6 is 15.9 Å². The van der Waals surface area contributed by atoms with Gasteiger partial charge in [0.1, 0.15) is 11.4 Å². The maximum Gasteiger partial charge on any atom is 0.410 e. The molecule has 144 valence electrons. The highest BCUT2D eigenvalue weighted by atomic mass is 79.9. The second-order valence-electron chi connectivity index (χ2n) is 7.62. The molecule has 6 nitrogen and oxygen atoms in total. The van der Waals surface area contributed by atoms with Crippen LogP contribution in [-0.2, 0) is 16.0 Å². The molecule has 1 aromatic rings. The van der Waals surface area contributed by atoms with Gasteiger partial charge >= 0.3 is 12.1 Å². The van der Waals surface area contributed by atoms with Crippen LogP contribution in [0.1, 0.15) is 32.8 Å². The Morgan fingerprint density at radius 1 is 1.35 bits per heavy atom. The van der Waals surface area contributed by atoms with Gasteiger partial charge in [0, 0.05) is 17.6 Å². The molecule has 1 heterocycles. The monoisotopic (exact) mass is 427 g/mol. The minimum Gasteiger partial charge on any atom is -0.497 e. The van der Waals surface area contributed by atoms with Crippen LogP contribution in [0.4, 0.5) is 4.79 Å². The Labute approximate surface area is 162 Å². The van der Waals surface area contributed by atoms with Crippen LogP contribution in [0.3, 0.4) is 0 Å². The van der Waals surface area contributed by atoms with Gasteiger partial charge in [-0.3, -0.25) is 4.79 Å². The number of methoxy groups -OCH3 is 1. The summed E-state index contributed by atoms with van der Waals surface area (Å²) in [4.78, 5) is 25.7. The number of carbonyl (C=O) groups excluding carboxylic acids is 1. The maximum atomic E-state index is 12.2. The lowest BCUT2D eigenvalue weighted by Crippen LogP contribution is -2.36. The largest absolute Gasteiger partial charge is 0.497 e. The van der Waals surface area contributed by atoms with Crippen LogP contribution in [-0.4, -0.2) is 47.9 Å². The highest BCUT2D eigenvalue weighted by molar-refractivity contribution is 9.10. The smallest absolute Gasteiger partial charge is 0.410 e. The molecule has 0 unspecified atom stereocenters. The summed E-state index contributed by atoms with van der Waals surface area (Å²) in [5, 5.41) is 9.72. The van der Waals surface area contributed by atoms with Gasteiger partial charge in [-0.25, -0.2) is 4.79 Å². The fraction of sp³-hybridized carbons (Fsp3) is 0.579. The number of likely N-dealkylation sites (tertiary alicyclic amines) is 1. The van der Waals surface area contributed by atoms with E-state index in [1.165, 1.54) is 0 Å². The van der Waals surface area contributed by atoms with Gasteiger partial charge in [0.2, 0.25) is 0 Å². The molecule has 1 aromatic carbocycles. The van der Waals surface area contributed by atoms with E-state index in [1.807, 2.05) is 39.0 Å². The highest BCUT2D eigenvalue weighted by Crippen LogP contribution is 2.30. The summed E-state index contributed by atoms with van der Waals surface area (Å²) in [5.41, 5.74) is 0.327. The number of amides is 1. The molecule has 1 saturated heterocycles. The molecule has 1 aliphatic heterocycles. The van der Waals surface area contributed by atoms with E-state index in [0.717, 1.165) is 10.0 Å². The second-order valence-corrected chi connectivity index (χ2v) is 8.54. The minimum absolute atomic E-state index is 0.106. The standard InChI is InChI=1S/C19H26BrNO5/c1-19(2,3)26-18(24)21-6-5-13(11-21)16(17(22)23)9-12-7-14(20)10-15(8-12)25-4/h7-8,10,13,16H,5-6,9,11H2,1-4H3,(H,22,23)/t13-,16-/m0/s1. The van der Waals surface area contributed by atoms with E-state index in [9.17, 15) is 14.7 Å². The highest BCUT2D eigenvalue weighted by Gasteiger charge is 2.37. The van der Waals surface area contributed by atoms with E-state index in [-0.39, 0.29) is 12.0 Å². The van der Waals surface area contributed by atoms with Crippen molar-refractivity contribution in [3.05, 3.63) is 28.2 Å². The molecule has 0 bridgehead atoms. The average Bonchev–Trinajstić information content (AvgIpc) is 2.99. The topological polar surface area (TPSA) is 76.1 Å². The van der Waals surface area contributed by atoms with Gasteiger partial charge in [-0.15, -0.1) is 0 Å². The zero-order valence-electron chi connectivity index (χ0n) is 15.6. The predicted molar refractivity (Wildman–Crippen MR) is 101 cm³/mol. The van der Waals surface area contributed by atoms with Gasteiger partial charge in [0.15, 0.2) is 0 Å². The molecule has 7 heteroatoms. The maximum absolute atomic E-state index is 12.2. The lowest BCUT2D eigenvalue weighted by atomic mass is 9.86. The quantitative estimate of drug-likeness (QED) is 0.769. The number of aliphatic carboxylic acids is 1. The first-order chi connectivity index (χ1) is 12.1. The average molecular weight is 428 g/mol. The van der Waals surface area contributed by atoms with E-state index in [2.05, 4.69) is 15.9 Å². The summed E-state index contributed by atoms with van der Waals surface area (Å²) in [6.07, 6.45) is 0.660. The van der Waals surface area contributed by atoms with Crippen molar-refractivity contribution in [3.63, 3.8) is 0 Å². The lowest BCUT2D eigenvalue weighted by Gasteiger charge is -2.25. The van der Waals surface area contributed by atoms with E-state index in [1.54, 1.807) is 12.0 Å². The van der Waals surface area contributed by atoms with Crippen molar-refractivity contribution in [2.24, 2.45) is 11.8 Å². The van der Waals surface area contributed by atoms with Gasteiger partial charge in [-0.05, 0) is 63.3 Å². The SMILES string of the molecule is COc1cc(Br)cc(C[C@H](C(=O)O)[C@H]2CCN(C(=O)OC(C)(C)C)C2)c1. The number of nitrogens with zero attached hydrogens (tertiary/aromatic N) is 1. The van der Waals surface area contributed by atoms with Gasteiger partial charge in [0.25, 0.3) is 0 Å². The third-order valence-corrected chi connectivity index (χ3v) is 4.84. The zero-order chi connectivity index (χ0) is 19.5. The fourth-order valence-corrected chi connectivity index (χ4v) is 3.69. The number of hydrogen-bond donors (Lipinski definition) is 1. The molecule has 0 radical (unpaired) electrons. The zero-order valence-corrected chi connectivity index (χ0v) is 17.2. The molecule has 2 rings (SSSR count). The summed E-state index contributed by atoms with van der Waals surface area (Å²) in [7, 11) is 1.58. The van der Waals surface area contributed by atoms with E-state index >= 15 is 0 Å². The van der Waals surface area contributed by atoms with E-state index in [4.69, 9.17) is 9.47 Å². The third kappa shape index (κ3) is 5.62. The summed E-state index contributed by atoms with van der Waals surface area (Å²) < 4.78 is 11.5. The molecule has 0 spiro atoms. The van der Waals surface area contributed by atoms with Crippen molar-refractivity contribution in [1.82, 2.24) is 4.90 Å². The Kier molecular flexibility index (Phi) is 6.55. The van der Waals surface area contributed by atoms with E-state index in [0.29, 0.717) is 31.7 Å². The minimum atomic E-state index is -0.847. The molecule has 0 saturated carbocycles. The molecule has 2 atom stereocenters. The lowest BCUT2D eigenvalue weighted by molar-refractivity contribution is -0.143. The van der Waals surface area contributed by atoms with Crippen molar-refractivity contribution in [2.45, 2.75) is 39.2 Å². The van der Waals surface area contributed by atoms with Crippen molar-refractivity contribution in [1.29, 1.82) is 0 Å². The van der Waals surface area contributed by atoms with Crippen LogP contribution < -0.4 is 4.74 Å². The molecule has 1 aliphatic rings. The molecule has 0 aromatic heterocycles. The summed E-state index contributed by atoms with van der Waals surface area (Å²) in [5.74, 6) is -0.841. The molecule has 1 fully saturated rings. The van der Waals surface area contributed by atoms with Crippen LogP contribution in [0.15, 0.2) is 22.7 Å². The summed E-state index contributed by atoms with van der Waals surface area (Å²) in [6, 6.07) is 5.58. The second kappa shape index (κ2) is 8.29. The number of hydrogen-bond acceptors (Lipinski definition) is 4. The van der Waals surface area contributed by atoms with Crippen LogP contribution in [0.25, 0.3) is 0 Å². The number of halogens is 1. The van der Waals surface area contributed by atoms with Crippen molar-refractivity contribution in [3.8, 4) is 5.75 Å².